The zero-order valence-electron chi connectivity index (χ0n) is 11.5. The third-order valence-corrected chi connectivity index (χ3v) is 3.04. The summed E-state index contributed by atoms with van der Waals surface area (Å²) in [6.45, 7) is 1.22. The second kappa shape index (κ2) is 5.84. The van der Waals surface area contributed by atoms with Crippen LogP contribution in [0.3, 0.4) is 0 Å². The van der Waals surface area contributed by atoms with Crippen molar-refractivity contribution in [1.29, 1.82) is 0 Å². The largest absolute Gasteiger partial charge is 0.370 e. The molecule has 0 amide bonds. The molecular weight excluding hydrogens is 243 g/mol. The Hall–Kier alpha value is -1.88. The molecule has 0 aliphatic rings. The maximum absolute atomic E-state index is 13.9. The Balaban J connectivity index is 2.23. The second-order valence-corrected chi connectivity index (χ2v) is 4.65. The lowest BCUT2D eigenvalue weighted by Crippen LogP contribution is -2.20. The molecule has 0 spiro atoms. The van der Waals surface area contributed by atoms with Crippen LogP contribution in [0, 0.1) is 5.82 Å². The average molecular weight is 262 g/mol. The van der Waals surface area contributed by atoms with Gasteiger partial charge >= 0.3 is 0 Å². The van der Waals surface area contributed by atoms with Crippen molar-refractivity contribution in [2.75, 3.05) is 19.0 Å². The molecular formula is C14H19FN4. The number of rotatable bonds is 5. The molecule has 0 atom stereocenters. The summed E-state index contributed by atoms with van der Waals surface area (Å²) in [6.07, 6.45) is 3.79. The monoisotopic (exact) mass is 262 g/mol. The quantitative estimate of drug-likeness (QED) is 0.893. The molecule has 2 aromatic rings. The summed E-state index contributed by atoms with van der Waals surface area (Å²) in [4.78, 5) is 2.03. The Kier molecular flexibility index (Phi) is 4.16. The zero-order chi connectivity index (χ0) is 13.8. The normalized spacial score (nSPS) is 10.7. The molecule has 1 N–H and O–H groups in total. The third-order valence-electron chi connectivity index (χ3n) is 3.04. The van der Waals surface area contributed by atoms with Gasteiger partial charge in [-0.15, -0.1) is 0 Å². The fraction of sp³-hybridized carbons (Fsp3) is 0.357. The summed E-state index contributed by atoms with van der Waals surface area (Å²) in [7, 11) is 5.66. The molecule has 0 radical (unpaired) electrons. The van der Waals surface area contributed by atoms with E-state index in [4.69, 9.17) is 0 Å². The number of halogens is 1. The fourth-order valence-electron chi connectivity index (χ4n) is 2.17. The third kappa shape index (κ3) is 3.12. The summed E-state index contributed by atoms with van der Waals surface area (Å²) in [5, 5.41) is 7.15. The Morgan fingerprint density at radius 1 is 1.42 bits per heavy atom. The van der Waals surface area contributed by atoms with E-state index in [1.165, 1.54) is 6.07 Å². The molecule has 1 aromatic carbocycles. The average Bonchev–Trinajstić information content (AvgIpc) is 2.77. The van der Waals surface area contributed by atoms with Gasteiger partial charge in [0.15, 0.2) is 0 Å². The Bertz CT molecular complexity index is 550. The van der Waals surface area contributed by atoms with E-state index in [0.29, 0.717) is 18.7 Å². The van der Waals surface area contributed by atoms with Gasteiger partial charge in [-0.05, 0) is 19.2 Å². The van der Waals surface area contributed by atoms with Crippen LogP contribution in [0.4, 0.5) is 10.1 Å². The van der Waals surface area contributed by atoms with Gasteiger partial charge in [-0.1, -0.05) is 6.07 Å². The van der Waals surface area contributed by atoms with Crippen molar-refractivity contribution in [1.82, 2.24) is 15.1 Å². The van der Waals surface area contributed by atoms with Crippen LogP contribution in [0.5, 0.6) is 0 Å². The van der Waals surface area contributed by atoms with Crippen LogP contribution in [0.2, 0.25) is 0 Å². The van der Waals surface area contributed by atoms with Gasteiger partial charge in [0.2, 0.25) is 0 Å². The summed E-state index contributed by atoms with van der Waals surface area (Å²) in [5.41, 5.74) is 2.69. The Morgan fingerprint density at radius 3 is 2.84 bits per heavy atom. The Labute approximate surface area is 112 Å². The topological polar surface area (TPSA) is 33.1 Å². The fourth-order valence-corrected chi connectivity index (χ4v) is 2.17. The van der Waals surface area contributed by atoms with Crippen LogP contribution in [0.15, 0.2) is 30.6 Å². The highest BCUT2D eigenvalue weighted by Gasteiger charge is 2.12. The van der Waals surface area contributed by atoms with Crippen molar-refractivity contribution in [2.45, 2.75) is 13.1 Å². The first-order valence-corrected chi connectivity index (χ1v) is 6.22. The number of aryl methyl sites for hydroxylation is 1. The van der Waals surface area contributed by atoms with E-state index in [2.05, 4.69) is 10.4 Å². The van der Waals surface area contributed by atoms with Crippen LogP contribution < -0.4 is 10.2 Å². The number of hydrogen-bond acceptors (Lipinski definition) is 3. The molecule has 5 heteroatoms. The van der Waals surface area contributed by atoms with Crippen LogP contribution in [-0.2, 0) is 20.1 Å². The summed E-state index contributed by atoms with van der Waals surface area (Å²) < 4.78 is 15.6. The summed E-state index contributed by atoms with van der Waals surface area (Å²) in [6, 6.07) is 5.17. The van der Waals surface area contributed by atoms with Crippen molar-refractivity contribution in [2.24, 2.45) is 7.05 Å². The van der Waals surface area contributed by atoms with Crippen LogP contribution in [0.1, 0.15) is 11.1 Å². The lowest BCUT2D eigenvalue weighted by atomic mass is 10.1. The van der Waals surface area contributed by atoms with Crippen LogP contribution >= 0.6 is 0 Å². The summed E-state index contributed by atoms with van der Waals surface area (Å²) >= 11 is 0. The highest BCUT2D eigenvalue weighted by atomic mass is 19.1. The standard InChI is InChI=1S/C14H19FN4/c1-16-8-12-13(15)5-4-6-14(12)18(2)9-11-7-17-19(3)10-11/h4-7,10,16H,8-9H2,1-3H3. The number of aromatic nitrogens is 2. The number of anilines is 1. The summed E-state index contributed by atoms with van der Waals surface area (Å²) in [5.74, 6) is -0.176. The minimum Gasteiger partial charge on any atom is -0.370 e. The van der Waals surface area contributed by atoms with E-state index in [1.807, 2.05) is 44.5 Å². The van der Waals surface area contributed by atoms with Crippen LogP contribution in [0.25, 0.3) is 0 Å². The first kappa shape index (κ1) is 13.5. The molecule has 0 saturated carbocycles. The molecule has 2 rings (SSSR count). The molecule has 0 aliphatic carbocycles. The van der Waals surface area contributed by atoms with Crippen molar-refractivity contribution < 1.29 is 4.39 Å². The van der Waals surface area contributed by atoms with Crippen LogP contribution in [-0.4, -0.2) is 23.9 Å². The van der Waals surface area contributed by atoms with Gasteiger partial charge < -0.3 is 10.2 Å². The van der Waals surface area contributed by atoms with E-state index in [-0.39, 0.29) is 5.82 Å². The van der Waals surface area contributed by atoms with E-state index in [0.717, 1.165) is 11.3 Å². The SMILES string of the molecule is CNCc1c(F)cccc1N(C)Cc1cnn(C)c1. The van der Waals surface area contributed by atoms with E-state index >= 15 is 0 Å². The number of nitrogens with zero attached hydrogens (tertiary/aromatic N) is 3. The first-order valence-electron chi connectivity index (χ1n) is 6.22. The van der Waals surface area contributed by atoms with E-state index in [9.17, 15) is 4.39 Å². The molecule has 102 valence electrons. The van der Waals surface area contributed by atoms with Gasteiger partial charge in [0.25, 0.3) is 0 Å². The van der Waals surface area contributed by atoms with Crippen molar-refractivity contribution >= 4 is 5.69 Å². The molecule has 19 heavy (non-hydrogen) atoms. The first-order chi connectivity index (χ1) is 9.11. The van der Waals surface area contributed by atoms with Gasteiger partial charge in [-0.25, -0.2) is 4.39 Å². The number of benzene rings is 1. The number of hydrogen-bond donors (Lipinski definition) is 1. The zero-order valence-corrected chi connectivity index (χ0v) is 11.5. The maximum atomic E-state index is 13.9. The molecule has 4 nitrogen and oxygen atoms in total. The lowest BCUT2D eigenvalue weighted by molar-refractivity contribution is 0.599. The second-order valence-electron chi connectivity index (χ2n) is 4.65. The maximum Gasteiger partial charge on any atom is 0.129 e. The number of nitrogens with one attached hydrogen (secondary N) is 1. The molecule has 0 aliphatic heterocycles. The van der Waals surface area contributed by atoms with Gasteiger partial charge in [0, 0.05) is 50.2 Å². The van der Waals surface area contributed by atoms with E-state index in [1.54, 1.807) is 10.7 Å². The molecule has 1 aromatic heterocycles. The Morgan fingerprint density at radius 2 is 2.21 bits per heavy atom. The predicted octanol–water partition coefficient (Wildman–Crippen LogP) is 1.92. The van der Waals surface area contributed by atoms with Gasteiger partial charge in [0.05, 0.1) is 6.20 Å². The highest BCUT2D eigenvalue weighted by molar-refractivity contribution is 5.53. The van der Waals surface area contributed by atoms with Gasteiger partial charge in [-0.2, -0.15) is 5.10 Å². The van der Waals surface area contributed by atoms with Gasteiger partial charge in [-0.3, -0.25) is 4.68 Å². The van der Waals surface area contributed by atoms with Crippen molar-refractivity contribution in [3.8, 4) is 0 Å². The lowest BCUT2D eigenvalue weighted by Gasteiger charge is -2.22. The van der Waals surface area contributed by atoms with Gasteiger partial charge in [0.1, 0.15) is 5.82 Å². The highest BCUT2D eigenvalue weighted by Crippen LogP contribution is 2.23. The molecule has 0 bridgehead atoms. The minimum atomic E-state index is -0.176. The molecule has 1 heterocycles. The molecule has 0 unspecified atom stereocenters. The molecule has 0 saturated heterocycles. The van der Waals surface area contributed by atoms with E-state index < -0.39 is 0 Å². The minimum absolute atomic E-state index is 0.176. The predicted molar refractivity (Wildman–Crippen MR) is 74.5 cm³/mol. The van der Waals surface area contributed by atoms with Crippen molar-refractivity contribution in [3.63, 3.8) is 0 Å². The van der Waals surface area contributed by atoms with Crippen molar-refractivity contribution in [3.05, 3.63) is 47.5 Å². The smallest absolute Gasteiger partial charge is 0.129 e. The molecule has 0 fully saturated rings.